The number of carbonyl (C=O) groups excluding carboxylic acids is 1. The van der Waals surface area contributed by atoms with E-state index in [0.717, 1.165) is 25.7 Å². The number of nitrogens with one attached hydrogen (secondary N) is 1. The molecule has 6 heteroatoms. The molecule has 2 atom stereocenters. The maximum absolute atomic E-state index is 12.1. The van der Waals surface area contributed by atoms with Gasteiger partial charge in [-0.15, -0.1) is 0 Å². The van der Waals surface area contributed by atoms with Crippen LogP contribution in [0.15, 0.2) is 18.3 Å². The molecule has 2 unspecified atom stereocenters. The van der Waals surface area contributed by atoms with E-state index in [4.69, 9.17) is 10.8 Å². The van der Waals surface area contributed by atoms with Crippen LogP contribution < -0.4 is 11.1 Å². The number of carboxylic acids is 1. The van der Waals surface area contributed by atoms with Gasteiger partial charge in [-0.2, -0.15) is 0 Å². The average Bonchev–Trinajstić information content (AvgIpc) is 2.38. The lowest BCUT2D eigenvalue weighted by atomic mass is 9.91. The van der Waals surface area contributed by atoms with Gasteiger partial charge in [0.05, 0.1) is 5.56 Å². The highest BCUT2D eigenvalue weighted by Gasteiger charge is 2.24. The van der Waals surface area contributed by atoms with Crippen LogP contribution in [0.25, 0.3) is 0 Å². The lowest BCUT2D eigenvalue weighted by Gasteiger charge is -2.27. The number of aromatic carboxylic acids is 1. The highest BCUT2D eigenvalue weighted by atomic mass is 16.4. The Balaban J connectivity index is 2.09. The van der Waals surface area contributed by atoms with Crippen LogP contribution >= 0.6 is 0 Å². The van der Waals surface area contributed by atoms with E-state index in [2.05, 4.69) is 10.3 Å². The molecule has 1 heterocycles. The van der Waals surface area contributed by atoms with Crippen LogP contribution in [0.3, 0.4) is 0 Å². The summed E-state index contributed by atoms with van der Waals surface area (Å²) in [5.74, 6) is -1.60. The molecule has 102 valence electrons. The van der Waals surface area contributed by atoms with E-state index in [-0.39, 0.29) is 23.3 Å². The summed E-state index contributed by atoms with van der Waals surface area (Å²) in [4.78, 5) is 27.0. The van der Waals surface area contributed by atoms with Gasteiger partial charge in [0.25, 0.3) is 5.91 Å². The van der Waals surface area contributed by atoms with Crippen molar-refractivity contribution in [1.29, 1.82) is 0 Å². The molecule has 0 bridgehead atoms. The van der Waals surface area contributed by atoms with Gasteiger partial charge in [-0.3, -0.25) is 9.78 Å². The highest BCUT2D eigenvalue weighted by molar-refractivity contribution is 6.03. The Labute approximate surface area is 111 Å². The number of carboxylic acid groups (broad SMARTS) is 1. The van der Waals surface area contributed by atoms with Crippen LogP contribution in [-0.4, -0.2) is 34.1 Å². The summed E-state index contributed by atoms with van der Waals surface area (Å²) in [5.41, 5.74) is 5.73. The summed E-state index contributed by atoms with van der Waals surface area (Å²) < 4.78 is 0. The minimum absolute atomic E-state index is 0.0000916. The molecule has 6 nitrogen and oxygen atoms in total. The Morgan fingerprint density at radius 2 is 2.21 bits per heavy atom. The zero-order chi connectivity index (χ0) is 13.8. The minimum Gasteiger partial charge on any atom is -0.478 e. The molecule has 1 aliphatic rings. The van der Waals surface area contributed by atoms with Gasteiger partial charge in [0.2, 0.25) is 0 Å². The molecule has 0 saturated heterocycles. The third kappa shape index (κ3) is 3.29. The van der Waals surface area contributed by atoms with E-state index in [9.17, 15) is 9.59 Å². The van der Waals surface area contributed by atoms with Crippen molar-refractivity contribution in [3.8, 4) is 0 Å². The Bertz CT molecular complexity index is 490. The number of carbonyl (C=O) groups is 2. The van der Waals surface area contributed by atoms with Crippen molar-refractivity contribution in [2.45, 2.75) is 37.8 Å². The van der Waals surface area contributed by atoms with E-state index < -0.39 is 11.9 Å². The standard InChI is InChI=1S/C13H17N3O3/c14-8-3-1-4-9(7-8)16-12(17)11-10(13(18)19)5-2-6-15-11/h2,5-6,8-9H,1,3-4,7,14H2,(H,16,17)(H,18,19). The third-order valence-electron chi connectivity index (χ3n) is 3.30. The first-order valence-corrected chi connectivity index (χ1v) is 6.32. The second-order valence-electron chi connectivity index (χ2n) is 4.80. The van der Waals surface area contributed by atoms with Crippen molar-refractivity contribution in [2.75, 3.05) is 0 Å². The molecular formula is C13H17N3O3. The van der Waals surface area contributed by atoms with Gasteiger partial charge in [0, 0.05) is 18.3 Å². The first kappa shape index (κ1) is 13.5. The van der Waals surface area contributed by atoms with Crippen LogP contribution in [0, 0.1) is 0 Å². The number of amides is 1. The molecule has 1 amide bonds. The molecule has 0 spiro atoms. The molecule has 1 aliphatic carbocycles. The minimum atomic E-state index is -1.15. The molecule has 1 fully saturated rings. The van der Waals surface area contributed by atoms with Crippen molar-refractivity contribution in [2.24, 2.45) is 5.73 Å². The van der Waals surface area contributed by atoms with Gasteiger partial charge in [-0.1, -0.05) is 0 Å². The molecular weight excluding hydrogens is 246 g/mol. The monoisotopic (exact) mass is 263 g/mol. The second-order valence-corrected chi connectivity index (χ2v) is 4.80. The molecule has 1 aromatic heterocycles. The fourth-order valence-electron chi connectivity index (χ4n) is 2.37. The fourth-order valence-corrected chi connectivity index (χ4v) is 2.37. The number of hydrogen-bond acceptors (Lipinski definition) is 4. The van der Waals surface area contributed by atoms with Gasteiger partial charge in [-0.25, -0.2) is 4.79 Å². The first-order valence-electron chi connectivity index (χ1n) is 6.32. The molecule has 2 rings (SSSR count). The lowest BCUT2D eigenvalue weighted by Crippen LogP contribution is -2.42. The molecule has 1 aromatic rings. The van der Waals surface area contributed by atoms with E-state index in [1.807, 2.05) is 0 Å². The largest absolute Gasteiger partial charge is 0.478 e. The third-order valence-corrected chi connectivity index (χ3v) is 3.30. The van der Waals surface area contributed by atoms with Crippen molar-refractivity contribution in [3.63, 3.8) is 0 Å². The Hall–Kier alpha value is -1.95. The average molecular weight is 263 g/mol. The number of pyridine rings is 1. The topological polar surface area (TPSA) is 105 Å². The molecule has 1 saturated carbocycles. The Morgan fingerprint density at radius 1 is 1.42 bits per heavy atom. The van der Waals surface area contributed by atoms with Crippen molar-refractivity contribution in [3.05, 3.63) is 29.6 Å². The van der Waals surface area contributed by atoms with Crippen LogP contribution in [0.2, 0.25) is 0 Å². The van der Waals surface area contributed by atoms with E-state index in [1.54, 1.807) is 0 Å². The highest BCUT2D eigenvalue weighted by Crippen LogP contribution is 2.17. The van der Waals surface area contributed by atoms with Crippen LogP contribution in [0.1, 0.15) is 46.5 Å². The van der Waals surface area contributed by atoms with Crippen LogP contribution in [-0.2, 0) is 0 Å². The zero-order valence-corrected chi connectivity index (χ0v) is 10.5. The first-order chi connectivity index (χ1) is 9.08. The summed E-state index contributed by atoms with van der Waals surface area (Å²) in [6.45, 7) is 0. The number of nitrogens with two attached hydrogens (primary N) is 1. The van der Waals surface area contributed by atoms with Gasteiger partial charge in [0.15, 0.2) is 0 Å². The van der Waals surface area contributed by atoms with E-state index >= 15 is 0 Å². The smallest absolute Gasteiger partial charge is 0.338 e. The predicted molar refractivity (Wildman–Crippen MR) is 68.9 cm³/mol. The van der Waals surface area contributed by atoms with Gasteiger partial charge in [-0.05, 0) is 37.8 Å². The summed E-state index contributed by atoms with van der Waals surface area (Å²) in [7, 11) is 0. The Kier molecular flexibility index (Phi) is 4.11. The molecule has 0 aliphatic heterocycles. The number of aromatic nitrogens is 1. The second kappa shape index (κ2) is 5.79. The van der Waals surface area contributed by atoms with E-state index in [1.165, 1.54) is 18.3 Å². The number of hydrogen-bond donors (Lipinski definition) is 3. The van der Waals surface area contributed by atoms with Crippen molar-refractivity contribution < 1.29 is 14.7 Å². The van der Waals surface area contributed by atoms with Gasteiger partial charge in [0.1, 0.15) is 5.69 Å². The van der Waals surface area contributed by atoms with Gasteiger partial charge < -0.3 is 16.2 Å². The van der Waals surface area contributed by atoms with Crippen molar-refractivity contribution >= 4 is 11.9 Å². The van der Waals surface area contributed by atoms with Gasteiger partial charge >= 0.3 is 5.97 Å². The number of nitrogens with zero attached hydrogens (tertiary/aromatic N) is 1. The lowest BCUT2D eigenvalue weighted by molar-refractivity contribution is 0.0689. The summed E-state index contributed by atoms with van der Waals surface area (Å²) >= 11 is 0. The van der Waals surface area contributed by atoms with Crippen molar-refractivity contribution in [1.82, 2.24) is 10.3 Å². The number of rotatable bonds is 3. The molecule has 0 radical (unpaired) electrons. The maximum Gasteiger partial charge on any atom is 0.338 e. The fraction of sp³-hybridized carbons (Fsp3) is 0.462. The van der Waals surface area contributed by atoms with E-state index in [0.29, 0.717) is 0 Å². The zero-order valence-electron chi connectivity index (χ0n) is 10.5. The Morgan fingerprint density at radius 3 is 2.89 bits per heavy atom. The summed E-state index contributed by atoms with van der Waals surface area (Å²) in [5, 5.41) is 11.8. The van der Waals surface area contributed by atoms with Crippen LogP contribution in [0.4, 0.5) is 0 Å². The normalized spacial score (nSPS) is 22.8. The summed E-state index contributed by atoms with van der Waals surface area (Å²) in [6, 6.07) is 2.97. The molecule has 4 N–H and O–H groups in total. The summed E-state index contributed by atoms with van der Waals surface area (Å²) in [6.07, 6.45) is 4.94. The molecule has 0 aromatic carbocycles. The predicted octanol–water partition coefficient (Wildman–Crippen LogP) is 0.779. The SMILES string of the molecule is NC1CCCC(NC(=O)c2ncccc2C(=O)O)C1. The quantitative estimate of drug-likeness (QED) is 0.747. The van der Waals surface area contributed by atoms with Crippen LogP contribution in [0.5, 0.6) is 0 Å². The molecule has 19 heavy (non-hydrogen) atoms. The maximum atomic E-state index is 12.1.